The van der Waals surface area contributed by atoms with Crippen LogP contribution in [-0.4, -0.2) is 16.2 Å². The lowest BCUT2D eigenvalue weighted by molar-refractivity contribution is 0.294. The second-order valence-corrected chi connectivity index (χ2v) is 8.39. The molecular formula is C21H24N2O2S. The topological polar surface area (TPSA) is 44.1 Å². The molecule has 0 spiro atoms. The standard InChI is InChI=1S/C21H24N2O2S/c1-13-4-7-16(8-5-13)25-11-10-23-15(3)22-20-19(21(23)24)17-9-6-14(2)12-18(17)26-20/h4-5,7-8,14H,6,9-12H2,1-3H3. The first-order chi connectivity index (χ1) is 12.5. The second-order valence-electron chi connectivity index (χ2n) is 7.31. The van der Waals surface area contributed by atoms with Gasteiger partial charge in [0, 0.05) is 4.88 Å². The molecule has 4 nitrogen and oxygen atoms in total. The van der Waals surface area contributed by atoms with Gasteiger partial charge in [0.1, 0.15) is 23.0 Å². The van der Waals surface area contributed by atoms with Gasteiger partial charge in [0.15, 0.2) is 0 Å². The molecule has 1 aromatic carbocycles. The predicted molar refractivity (Wildman–Crippen MR) is 106 cm³/mol. The van der Waals surface area contributed by atoms with E-state index in [1.165, 1.54) is 16.0 Å². The van der Waals surface area contributed by atoms with Gasteiger partial charge in [-0.25, -0.2) is 4.98 Å². The number of hydrogen-bond acceptors (Lipinski definition) is 4. The molecule has 5 heteroatoms. The monoisotopic (exact) mass is 368 g/mol. The van der Waals surface area contributed by atoms with E-state index in [9.17, 15) is 4.79 Å². The number of aromatic nitrogens is 2. The van der Waals surface area contributed by atoms with E-state index in [4.69, 9.17) is 9.72 Å². The van der Waals surface area contributed by atoms with Crippen molar-refractivity contribution in [2.45, 2.75) is 46.6 Å². The van der Waals surface area contributed by atoms with Crippen LogP contribution in [0.5, 0.6) is 5.75 Å². The third kappa shape index (κ3) is 3.16. The first-order valence-electron chi connectivity index (χ1n) is 9.24. The van der Waals surface area contributed by atoms with Crippen LogP contribution in [0.4, 0.5) is 0 Å². The van der Waals surface area contributed by atoms with E-state index >= 15 is 0 Å². The normalized spacial score (nSPS) is 16.7. The highest BCUT2D eigenvalue weighted by molar-refractivity contribution is 7.18. The predicted octanol–water partition coefficient (Wildman–Crippen LogP) is 4.28. The average Bonchev–Trinajstić information content (AvgIpc) is 2.96. The van der Waals surface area contributed by atoms with E-state index in [1.54, 1.807) is 15.9 Å². The number of rotatable bonds is 4. The van der Waals surface area contributed by atoms with Crippen LogP contribution < -0.4 is 10.3 Å². The average molecular weight is 369 g/mol. The molecule has 1 aliphatic rings. The third-order valence-corrected chi connectivity index (χ3v) is 6.36. The lowest BCUT2D eigenvalue weighted by Crippen LogP contribution is -2.27. The summed E-state index contributed by atoms with van der Waals surface area (Å²) in [6, 6.07) is 7.98. The Labute approximate surface area is 157 Å². The Morgan fingerprint density at radius 3 is 2.81 bits per heavy atom. The van der Waals surface area contributed by atoms with Gasteiger partial charge in [-0.1, -0.05) is 24.6 Å². The Bertz CT molecular complexity index is 1000. The maximum Gasteiger partial charge on any atom is 0.262 e. The first kappa shape index (κ1) is 17.3. The van der Waals surface area contributed by atoms with Crippen molar-refractivity contribution >= 4 is 21.6 Å². The Kier molecular flexibility index (Phi) is 4.57. The summed E-state index contributed by atoms with van der Waals surface area (Å²) in [6.45, 7) is 7.22. The van der Waals surface area contributed by atoms with Crippen molar-refractivity contribution in [3.8, 4) is 5.75 Å². The maximum absolute atomic E-state index is 13.1. The molecule has 4 rings (SSSR count). The smallest absolute Gasteiger partial charge is 0.262 e. The number of aryl methyl sites for hydroxylation is 3. The van der Waals surface area contributed by atoms with Crippen LogP contribution >= 0.6 is 11.3 Å². The molecule has 0 saturated heterocycles. The van der Waals surface area contributed by atoms with E-state index in [2.05, 4.69) is 13.8 Å². The zero-order valence-electron chi connectivity index (χ0n) is 15.5. The van der Waals surface area contributed by atoms with Crippen LogP contribution in [0.2, 0.25) is 0 Å². The van der Waals surface area contributed by atoms with Gasteiger partial charge in [-0.15, -0.1) is 11.3 Å². The van der Waals surface area contributed by atoms with Crippen LogP contribution in [0.25, 0.3) is 10.2 Å². The highest BCUT2D eigenvalue weighted by atomic mass is 32.1. The molecule has 0 bridgehead atoms. The lowest BCUT2D eigenvalue weighted by atomic mass is 9.89. The summed E-state index contributed by atoms with van der Waals surface area (Å²) in [5.74, 6) is 2.29. The summed E-state index contributed by atoms with van der Waals surface area (Å²) in [7, 11) is 0. The molecule has 3 aromatic rings. The van der Waals surface area contributed by atoms with Crippen molar-refractivity contribution in [2.75, 3.05) is 6.61 Å². The number of thiophene rings is 1. The van der Waals surface area contributed by atoms with E-state index < -0.39 is 0 Å². The van der Waals surface area contributed by atoms with E-state index in [1.807, 2.05) is 31.2 Å². The van der Waals surface area contributed by atoms with Crippen molar-refractivity contribution < 1.29 is 4.74 Å². The molecule has 2 heterocycles. The van der Waals surface area contributed by atoms with Crippen molar-refractivity contribution in [2.24, 2.45) is 5.92 Å². The number of nitrogens with zero attached hydrogens (tertiary/aromatic N) is 2. The summed E-state index contributed by atoms with van der Waals surface area (Å²) in [6.07, 6.45) is 3.23. The molecule has 0 radical (unpaired) electrons. The maximum atomic E-state index is 13.1. The molecule has 0 amide bonds. The minimum atomic E-state index is 0.0899. The SMILES string of the molecule is Cc1ccc(OCCn2c(C)nc3sc4c(c3c2=O)CCC(C)C4)cc1. The summed E-state index contributed by atoms with van der Waals surface area (Å²) < 4.78 is 7.58. The zero-order chi connectivity index (χ0) is 18.3. The van der Waals surface area contributed by atoms with Crippen molar-refractivity contribution in [1.29, 1.82) is 0 Å². The Balaban J connectivity index is 1.61. The summed E-state index contributed by atoms with van der Waals surface area (Å²) >= 11 is 1.71. The van der Waals surface area contributed by atoms with Gasteiger partial charge in [-0.3, -0.25) is 9.36 Å². The minimum Gasteiger partial charge on any atom is -0.492 e. The van der Waals surface area contributed by atoms with Gasteiger partial charge < -0.3 is 4.74 Å². The quantitative estimate of drug-likeness (QED) is 0.690. The molecular weight excluding hydrogens is 344 g/mol. The number of ether oxygens (including phenoxy) is 1. The van der Waals surface area contributed by atoms with Gasteiger partial charge >= 0.3 is 0 Å². The zero-order valence-corrected chi connectivity index (χ0v) is 16.4. The van der Waals surface area contributed by atoms with E-state index in [-0.39, 0.29) is 5.56 Å². The molecule has 0 fully saturated rings. The number of fused-ring (bicyclic) bond motifs is 3. The molecule has 0 N–H and O–H groups in total. The first-order valence-corrected chi connectivity index (χ1v) is 10.1. The second kappa shape index (κ2) is 6.88. The lowest BCUT2D eigenvalue weighted by Gasteiger charge is -2.17. The fourth-order valence-electron chi connectivity index (χ4n) is 3.68. The minimum absolute atomic E-state index is 0.0899. The van der Waals surface area contributed by atoms with Gasteiger partial charge in [0.25, 0.3) is 5.56 Å². The molecule has 0 saturated carbocycles. The van der Waals surface area contributed by atoms with Crippen molar-refractivity contribution in [1.82, 2.24) is 9.55 Å². The Morgan fingerprint density at radius 1 is 1.27 bits per heavy atom. The summed E-state index contributed by atoms with van der Waals surface area (Å²) in [4.78, 5) is 20.1. The van der Waals surface area contributed by atoms with Crippen LogP contribution in [0, 0.1) is 19.8 Å². The Morgan fingerprint density at radius 2 is 2.04 bits per heavy atom. The fourth-order valence-corrected chi connectivity index (χ4v) is 5.10. The molecule has 26 heavy (non-hydrogen) atoms. The van der Waals surface area contributed by atoms with Crippen LogP contribution in [0.1, 0.15) is 35.2 Å². The molecule has 1 atom stereocenters. The molecule has 2 aromatic heterocycles. The Hall–Kier alpha value is -2.14. The molecule has 1 aliphatic carbocycles. The van der Waals surface area contributed by atoms with Crippen LogP contribution in [0.15, 0.2) is 29.1 Å². The van der Waals surface area contributed by atoms with E-state index in [0.717, 1.165) is 41.1 Å². The highest BCUT2D eigenvalue weighted by Gasteiger charge is 2.23. The summed E-state index contributed by atoms with van der Waals surface area (Å²) in [5, 5.41) is 0.845. The third-order valence-electron chi connectivity index (χ3n) is 5.21. The fraction of sp³-hybridized carbons (Fsp3) is 0.429. The van der Waals surface area contributed by atoms with Gasteiger partial charge in [-0.05, 0) is 56.7 Å². The molecule has 136 valence electrons. The van der Waals surface area contributed by atoms with E-state index in [0.29, 0.717) is 19.1 Å². The highest BCUT2D eigenvalue weighted by Crippen LogP contribution is 2.35. The van der Waals surface area contributed by atoms with Crippen molar-refractivity contribution in [3.63, 3.8) is 0 Å². The number of benzene rings is 1. The number of hydrogen-bond donors (Lipinski definition) is 0. The van der Waals surface area contributed by atoms with Gasteiger partial charge in [0.05, 0.1) is 11.9 Å². The van der Waals surface area contributed by atoms with Crippen LogP contribution in [-0.2, 0) is 19.4 Å². The largest absolute Gasteiger partial charge is 0.492 e. The summed E-state index contributed by atoms with van der Waals surface area (Å²) in [5.41, 5.74) is 2.54. The molecule has 1 unspecified atom stereocenters. The van der Waals surface area contributed by atoms with Crippen molar-refractivity contribution in [3.05, 3.63) is 56.4 Å². The van der Waals surface area contributed by atoms with Gasteiger partial charge in [-0.2, -0.15) is 0 Å². The van der Waals surface area contributed by atoms with Crippen LogP contribution in [0.3, 0.4) is 0 Å². The molecule has 0 aliphatic heterocycles. The van der Waals surface area contributed by atoms with Gasteiger partial charge in [0.2, 0.25) is 0 Å².